The van der Waals surface area contributed by atoms with Crippen LogP contribution in [-0.2, 0) is 19.4 Å². The maximum atomic E-state index is 12.6. The minimum Gasteiger partial charge on any atom is -0.395 e. The number of amides is 1. The molecule has 0 aliphatic heterocycles. The molecule has 8 nitrogen and oxygen atoms in total. The van der Waals surface area contributed by atoms with Gasteiger partial charge in [0, 0.05) is 29.4 Å². The average Bonchev–Trinajstić information content (AvgIpc) is 3.35. The normalized spacial score (nSPS) is 12.6. The molecule has 28 heavy (non-hydrogen) atoms. The molecule has 4 rings (SSSR count). The Morgan fingerprint density at radius 1 is 1.21 bits per heavy atom. The molecular formula is C20H22N6O2. The van der Waals surface area contributed by atoms with E-state index in [0.717, 1.165) is 30.5 Å². The first-order valence-corrected chi connectivity index (χ1v) is 9.35. The van der Waals surface area contributed by atoms with E-state index in [0.29, 0.717) is 30.2 Å². The van der Waals surface area contributed by atoms with Crippen molar-refractivity contribution < 1.29 is 9.90 Å². The smallest absolute Gasteiger partial charge is 0.251 e. The van der Waals surface area contributed by atoms with Crippen LogP contribution in [0, 0.1) is 0 Å². The fraction of sp³-hybridized carbons (Fsp3) is 0.300. The van der Waals surface area contributed by atoms with Gasteiger partial charge in [-0.05, 0) is 37.0 Å². The van der Waals surface area contributed by atoms with Gasteiger partial charge in [0.15, 0.2) is 0 Å². The fourth-order valence-electron chi connectivity index (χ4n) is 3.42. The lowest BCUT2D eigenvalue weighted by Crippen LogP contribution is -2.23. The van der Waals surface area contributed by atoms with Crippen LogP contribution in [0.3, 0.4) is 0 Å². The highest BCUT2D eigenvalue weighted by molar-refractivity contribution is 5.95. The summed E-state index contributed by atoms with van der Waals surface area (Å²) in [6.45, 7) is 0.849. The van der Waals surface area contributed by atoms with E-state index in [1.54, 1.807) is 12.1 Å². The molecule has 2 heterocycles. The number of fused-ring (bicyclic) bond motifs is 1. The summed E-state index contributed by atoms with van der Waals surface area (Å²) in [6.07, 6.45) is 4.65. The second-order valence-corrected chi connectivity index (χ2v) is 6.68. The van der Waals surface area contributed by atoms with Gasteiger partial charge >= 0.3 is 0 Å². The van der Waals surface area contributed by atoms with E-state index in [-0.39, 0.29) is 12.5 Å². The third kappa shape index (κ3) is 3.86. The number of aromatic nitrogens is 4. The number of nitrogens with one attached hydrogen (secondary N) is 3. The molecule has 8 heteroatoms. The predicted octanol–water partition coefficient (Wildman–Crippen LogP) is 1.69. The molecule has 2 aromatic heterocycles. The standard InChI is InChI=1S/C20H22N6O2/c27-8-7-21-19-10-17(23-12-24-19)13-3-1-4-14(9-13)20(28)22-11-18-15-5-2-6-16(15)25-26-18/h1,3-4,9-10,12,27H,2,5-8,11H2,(H,22,28)(H,25,26)(H,21,23,24). The van der Waals surface area contributed by atoms with Gasteiger partial charge in [0.25, 0.3) is 5.91 Å². The summed E-state index contributed by atoms with van der Waals surface area (Å²) < 4.78 is 0. The summed E-state index contributed by atoms with van der Waals surface area (Å²) in [5.74, 6) is 0.477. The summed E-state index contributed by atoms with van der Waals surface area (Å²) >= 11 is 0. The monoisotopic (exact) mass is 378 g/mol. The summed E-state index contributed by atoms with van der Waals surface area (Å²) in [7, 11) is 0. The molecule has 0 bridgehead atoms. The second kappa shape index (κ2) is 8.18. The molecule has 0 atom stereocenters. The maximum Gasteiger partial charge on any atom is 0.251 e. The Hall–Kier alpha value is -3.26. The lowest BCUT2D eigenvalue weighted by Gasteiger charge is -2.08. The zero-order valence-electron chi connectivity index (χ0n) is 15.4. The van der Waals surface area contributed by atoms with Crippen LogP contribution in [0.5, 0.6) is 0 Å². The van der Waals surface area contributed by atoms with Crippen LogP contribution in [0.2, 0.25) is 0 Å². The zero-order valence-corrected chi connectivity index (χ0v) is 15.4. The number of carbonyl (C=O) groups excluding carboxylic acids is 1. The molecular weight excluding hydrogens is 356 g/mol. The van der Waals surface area contributed by atoms with Gasteiger partial charge in [-0.3, -0.25) is 9.89 Å². The van der Waals surface area contributed by atoms with Crippen LogP contribution in [0.25, 0.3) is 11.3 Å². The van der Waals surface area contributed by atoms with Gasteiger partial charge in [-0.2, -0.15) is 5.10 Å². The predicted molar refractivity (Wildman–Crippen MR) is 105 cm³/mol. The highest BCUT2D eigenvalue weighted by Gasteiger charge is 2.18. The molecule has 0 spiro atoms. The Kier molecular flexibility index (Phi) is 5.29. The van der Waals surface area contributed by atoms with E-state index in [1.165, 1.54) is 17.6 Å². The lowest BCUT2D eigenvalue weighted by atomic mass is 10.1. The number of hydrogen-bond donors (Lipinski definition) is 4. The molecule has 3 aromatic rings. The van der Waals surface area contributed by atoms with E-state index in [9.17, 15) is 4.79 Å². The number of rotatable bonds is 7. The highest BCUT2D eigenvalue weighted by Crippen LogP contribution is 2.23. The fourth-order valence-corrected chi connectivity index (χ4v) is 3.42. The number of anilines is 1. The molecule has 1 aliphatic rings. The number of benzene rings is 1. The van der Waals surface area contributed by atoms with Crippen molar-refractivity contribution >= 4 is 11.7 Å². The van der Waals surface area contributed by atoms with Gasteiger partial charge in [0.1, 0.15) is 12.1 Å². The Bertz CT molecular complexity index is 984. The van der Waals surface area contributed by atoms with Crippen molar-refractivity contribution in [2.45, 2.75) is 25.8 Å². The van der Waals surface area contributed by atoms with Crippen molar-refractivity contribution in [1.29, 1.82) is 0 Å². The first-order chi connectivity index (χ1) is 13.7. The number of aliphatic hydroxyl groups is 1. The average molecular weight is 378 g/mol. The lowest BCUT2D eigenvalue weighted by molar-refractivity contribution is 0.0950. The van der Waals surface area contributed by atoms with Crippen molar-refractivity contribution in [1.82, 2.24) is 25.5 Å². The Labute approximate surface area is 162 Å². The van der Waals surface area contributed by atoms with Crippen LogP contribution in [0.4, 0.5) is 5.82 Å². The molecule has 1 aromatic carbocycles. The second-order valence-electron chi connectivity index (χ2n) is 6.68. The van der Waals surface area contributed by atoms with Gasteiger partial charge in [0.2, 0.25) is 0 Å². The van der Waals surface area contributed by atoms with E-state index >= 15 is 0 Å². The quantitative estimate of drug-likeness (QED) is 0.497. The summed E-state index contributed by atoms with van der Waals surface area (Å²) in [4.78, 5) is 21.0. The zero-order chi connectivity index (χ0) is 19.3. The van der Waals surface area contributed by atoms with E-state index in [2.05, 4.69) is 30.8 Å². The first-order valence-electron chi connectivity index (χ1n) is 9.35. The number of aliphatic hydroxyl groups excluding tert-OH is 1. The van der Waals surface area contributed by atoms with Gasteiger partial charge in [-0.15, -0.1) is 0 Å². The Morgan fingerprint density at radius 3 is 3.04 bits per heavy atom. The number of H-pyrrole nitrogens is 1. The van der Waals surface area contributed by atoms with Gasteiger partial charge in [-0.1, -0.05) is 12.1 Å². The van der Waals surface area contributed by atoms with Crippen molar-refractivity contribution in [2.24, 2.45) is 0 Å². The molecule has 0 fully saturated rings. The number of hydrogen-bond acceptors (Lipinski definition) is 6. The minimum absolute atomic E-state index is 0.0220. The number of aromatic amines is 1. The molecule has 0 saturated heterocycles. The molecule has 0 unspecified atom stereocenters. The summed E-state index contributed by atoms with van der Waals surface area (Å²) in [5, 5.41) is 22.3. The van der Waals surface area contributed by atoms with Gasteiger partial charge in [0.05, 0.1) is 24.5 Å². The largest absolute Gasteiger partial charge is 0.395 e. The van der Waals surface area contributed by atoms with E-state index in [4.69, 9.17) is 5.11 Å². The number of nitrogens with zero attached hydrogens (tertiary/aromatic N) is 3. The molecule has 1 aliphatic carbocycles. The number of aryl methyl sites for hydroxylation is 1. The SMILES string of the molecule is O=C(NCc1n[nH]c2c1CCC2)c1cccc(-c2cc(NCCO)ncn2)c1. The van der Waals surface area contributed by atoms with Crippen molar-refractivity contribution in [3.05, 3.63) is 59.2 Å². The molecule has 4 N–H and O–H groups in total. The summed E-state index contributed by atoms with van der Waals surface area (Å²) in [5.41, 5.74) is 5.46. The van der Waals surface area contributed by atoms with Gasteiger partial charge < -0.3 is 15.7 Å². The highest BCUT2D eigenvalue weighted by atomic mass is 16.3. The maximum absolute atomic E-state index is 12.6. The van der Waals surface area contributed by atoms with Crippen molar-refractivity contribution in [3.8, 4) is 11.3 Å². The third-order valence-corrected chi connectivity index (χ3v) is 4.81. The van der Waals surface area contributed by atoms with Gasteiger partial charge in [-0.25, -0.2) is 9.97 Å². The van der Waals surface area contributed by atoms with E-state index < -0.39 is 0 Å². The number of carbonyl (C=O) groups is 1. The Balaban J connectivity index is 1.46. The molecule has 0 saturated carbocycles. The van der Waals surface area contributed by atoms with Crippen LogP contribution >= 0.6 is 0 Å². The third-order valence-electron chi connectivity index (χ3n) is 4.81. The van der Waals surface area contributed by atoms with Crippen LogP contribution in [0.15, 0.2) is 36.7 Å². The van der Waals surface area contributed by atoms with Crippen LogP contribution in [-0.4, -0.2) is 44.3 Å². The topological polar surface area (TPSA) is 116 Å². The van der Waals surface area contributed by atoms with Crippen LogP contribution < -0.4 is 10.6 Å². The molecule has 144 valence electrons. The van der Waals surface area contributed by atoms with Crippen LogP contribution in [0.1, 0.15) is 33.7 Å². The Morgan fingerprint density at radius 2 is 2.14 bits per heavy atom. The molecule has 1 amide bonds. The minimum atomic E-state index is -0.149. The first kappa shape index (κ1) is 18.1. The molecule has 0 radical (unpaired) electrons. The van der Waals surface area contributed by atoms with Crippen molar-refractivity contribution in [2.75, 3.05) is 18.5 Å². The summed E-state index contributed by atoms with van der Waals surface area (Å²) in [6, 6.07) is 9.11. The van der Waals surface area contributed by atoms with Crippen molar-refractivity contribution in [3.63, 3.8) is 0 Å². The van der Waals surface area contributed by atoms with E-state index in [1.807, 2.05) is 18.2 Å².